The van der Waals surface area contributed by atoms with Gasteiger partial charge in [0.15, 0.2) is 0 Å². The largest absolute Gasteiger partial charge is 0.337 e. The van der Waals surface area contributed by atoms with Crippen LogP contribution in [0.3, 0.4) is 0 Å². The van der Waals surface area contributed by atoms with Gasteiger partial charge >= 0.3 is 0 Å². The van der Waals surface area contributed by atoms with Gasteiger partial charge in [-0.25, -0.2) is 4.39 Å². The first-order valence-electron chi connectivity index (χ1n) is 5.64. The van der Waals surface area contributed by atoms with Crippen LogP contribution in [0.5, 0.6) is 0 Å². The monoisotopic (exact) mass is 334 g/mol. The van der Waals surface area contributed by atoms with Crippen LogP contribution in [0, 0.1) is 5.82 Å². The Morgan fingerprint density at radius 2 is 2.33 bits per heavy atom. The average Bonchev–Trinajstić information content (AvgIpc) is 2.81. The van der Waals surface area contributed by atoms with Crippen LogP contribution in [0.25, 0.3) is 0 Å². The van der Waals surface area contributed by atoms with Crippen LogP contribution in [0.15, 0.2) is 16.6 Å². The lowest BCUT2D eigenvalue weighted by atomic mass is 10.2. The van der Waals surface area contributed by atoms with Crippen molar-refractivity contribution in [2.45, 2.75) is 12.5 Å². The molecule has 1 aliphatic heterocycles. The summed E-state index contributed by atoms with van der Waals surface area (Å²) in [6, 6.07) is 2.88. The van der Waals surface area contributed by atoms with Gasteiger partial charge in [-0.15, -0.1) is 0 Å². The molecule has 1 aromatic carbocycles. The molecule has 1 fully saturated rings. The van der Waals surface area contributed by atoms with Crippen LogP contribution in [0.2, 0.25) is 5.02 Å². The fraction of sp³-hybridized carbons (Fsp3) is 0.417. The quantitative estimate of drug-likeness (QED) is 0.843. The van der Waals surface area contributed by atoms with Gasteiger partial charge in [-0.1, -0.05) is 11.6 Å². The minimum absolute atomic E-state index is 0.0584. The van der Waals surface area contributed by atoms with Crippen LogP contribution >= 0.6 is 27.5 Å². The molecule has 1 atom stereocenters. The molecule has 0 radical (unpaired) electrons. The van der Waals surface area contributed by atoms with Gasteiger partial charge in [0, 0.05) is 23.6 Å². The molecule has 0 aliphatic carbocycles. The summed E-state index contributed by atoms with van der Waals surface area (Å²) in [5.74, 6) is -0.872. The summed E-state index contributed by atoms with van der Waals surface area (Å²) in [4.78, 5) is 13.8. The zero-order valence-electron chi connectivity index (χ0n) is 9.84. The van der Waals surface area contributed by atoms with Gasteiger partial charge in [-0.05, 0) is 41.5 Å². The van der Waals surface area contributed by atoms with E-state index in [9.17, 15) is 9.18 Å². The smallest absolute Gasteiger partial charge is 0.256 e. The van der Waals surface area contributed by atoms with Gasteiger partial charge in [0.2, 0.25) is 0 Å². The zero-order chi connectivity index (χ0) is 13.3. The highest BCUT2D eigenvalue weighted by atomic mass is 79.9. The number of nitrogens with zero attached hydrogens (tertiary/aromatic N) is 1. The number of hydrogen-bond donors (Lipinski definition) is 1. The average molecular weight is 336 g/mol. The van der Waals surface area contributed by atoms with Crippen molar-refractivity contribution in [3.8, 4) is 0 Å². The lowest BCUT2D eigenvalue weighted by molar-refractivity contribution is 0.0785. The molecule has 1 amide bonds. The zero-order valence-corrected chi connectivity index (χ0v) is 12.2. The summed E-state index contributed by atoms with van der Waals surface area (Å²) in [6.07, 6.45) is 0.888. The molecule has 1 aromatic rings. The molecule has 98 valence electrons. The maximum atomic E-state index is 13.7. The molecule has 0 aromatic heterocycles. The lowest BCUT2D eigenvalue weighted by Gasteiger charge is -2.17. The van der Waals surface area contributed by atoms with Crippen molar-refractivity contribution in [3.63, 3.8) is 0 Å². The first-order chi connectivity index (χ1) is 8.52. The second kappa shape index (κ2) is 5.55. The van der Waals surface area contributed by atoms with Crippen LogP contribution in [0.4, 0.5) is 4.39 Å². The number of halogens is 3. The first-order valence-corrected chi connectivity index (χ1v) is 6.81. The highest BCUT2D eigenvalue weighted by Crippen LogP contribution is 2.27. The van der Waals surface area contributed by atoms with E-state index in [0.29, 0.717) is 17.6 Å². The van der Waals surface area contributed by atoms with Crippen molar-refractivity contribution >= 4 is 33.4 Å². The molecule has 0 unspecified atom stereocenters. The van der Waals surface area contributed by atoms with Crippen LogP contribution in [0.1, 0.15) is 16.8 Å². The maximum Gasteiger partial charge on any atom is 0.256 e. The summed E-state index contributed by atoms with van der Waals surface area (Å²) in [5, 5.41) is 3.38. The number of nitrogens with one attached hydrogen (secondary N) is 1. The SMILES string of the molecule is CN[C@@H]1CCN(C(=O)c2cc(Br)c(Cl)cc2F)C1. The Labute approximate surface area is 118 Å². The van der Waals surface area contributed by atoms with Crippen molar-refractivity contribution in [2.75, 3.05) is 20.1 Å². The van der Waals surface area contributed by atoms with E-state index in [0.717, 1.165) is 12.5 Å². The van der Waals surface area contributed by atoms with Gasteiger partial charge < -0.3 is 10.2 Å². The van der Waals surface area contributed by atoms with Crippen molar-refractivity contribution in [2.24, 2.45) is 0 Å². The van der Waals surface area contributed by atoms with Gasteiger partial charge in [0.1, 0.15) is 5.82 Å². The van der Waals surface area contributed by atoms with Crippen molar-refractivity contribution in [1.82, 2.24) is 10.2 Å². The standard InChI is InChI=1S/C12H13BrClFN2O/c1-16-7-2-3-17(6-7)12(18)8-4-9(13)10(14)5-11(8)15/h4-5,7,16H,2-3,6H2,1H3/t7-/m1/s1. The number of rotatable bonds is 2. The van der Waals surface area contributed by atoms with E-state index in [1.165, 1.54) is 6.07 Å². The molecule has 0 saturated carbocycles. The normalized spacial score (nSPS) is 19.3. The van der Waals surface area contributed by atoms with E-state index in [-0.39, 0.29) is 22.5 Å². The molecule has 1 aliphatic rings. The summed E-state index contributed by atoms with van der Waals surface area (Å²) >= 11 is 8.98. The Hall–Kier alpha value is -0.650. The highest BCUT2D eigenvalue weighted by molar-refractivity contribution is 9.10. The fourth-order valence-electron chi connectivity index (χ4n) is 2.04. The molecule has 0 spiro atoms. The predicted octanol–water partition coefficient (Wildman–Crippen LogP) is 2.68. The summed E-state index contributed by atoms with van der Waals surface area (Å²) in [7, 11) is 1.86. The Kier molecular flexibility index (Phi) is 4.25. The van der Waals surface area contributed by atoms with E-state index in [2.05, 4.69) is 21.2 Å². The number of hydrogen-bond acceptors (Lipinski definition) is 2. The molecule has 6 heteroatoms. The molecule has 18 heavy (non-hydrogen) atoms. The van der Waals surface area contributed by atoms with Crippen LogP contribution in [-0.2, 0) is 0 Å². The molecule has 0 bridgehead atoms. The maximum absolute atomic E-state index is 13.7. The second-order valence-corrected chi connectivity index (χ2v) is 5.53. The van der Waals surface area contributed by atoms with Crippen molar-refractivity contribution in [1.29, 1.82) is 0 Å². The van der Waals surface area contributed by atoms with Gasteiger partial charge in [0.05, 0.1) is 10.6 Å². The third-order valence-electron chi connectivity index (χ3n) is 3.12. The summed E-state index contributed by atoms with van der Waals surface area (Å²) < 4.78 is 14.3. The highest BCUT2D eigenvalue weighted by Gasteiger charge is 2.27. The van der Waals surface area contributed by atoms with E-state index >= 15 is 0 Å². The van der Waals surface area contributed by atoms with E-state index in [1.54, 1.807) is 4.90 Å². The number of likely N-dealkylation sites (tertiary alicyclic amines) is 1. The Morgan fingerprint density at radius 3 is 2.94 bits per heavy atom. The van der Waals surface area contributed by atoms with Gasteiger partial charge in [0.25, 0.3) is 5.91 Å². The number of benzene rings is 1. The molecule has 1 saturated heterocycles. The number of amides is 1. The molecule has 2 rings (SSSR count). The van der Waals surface area contributed by atoms with E-state index in [1.807, 2.05) is 7.05 Å². The molecule has 1 N–H and O–H groups in total. The fourth-order valence-corrected chi connectivity index (χ4v) is 2.53. The number of carbonyl (C=O) groups is 1. The molecular formula is C12H13BrClFN2O. The van der Waals surface area contributed by atoms with Crippen LogP contribution < -0.4 is 5.32 Å². The molecule has 1 heterocycles. The van der Waals surface area contributed by atoms with Crippen LogP contribution in [-0.4, -0.2) is 37.0 Å². The van der Waals surface area contributed by atoms with Gasteiger partial charge in [-0.2, -0.15) is 0 Å². The van der Waals surface area contributed by atoms with Crippen molar-refractivity contribution in [3.05, 3.63) is 33.0 Å². The minimum Gasteiger partial charge on any atom is -0.337 e. The minimum atomic E-state index is -0.582. The third-order valence-corrected chi connectivity index (χ3v) is 4.32. The second-order valence-electron chi connectivity index (χ2n) is 4.27. The van der Waals surface area contributed by atoms with E-state index in [4.69, 9.17) is 11.6 Å². The topological polar surface area (TPSA) is 32.3 Å². The summed E-state index contributed by atoms with van der Waals surface area (Å²) in [6.45, 7) is 1.25. The molecular weight excluding hydrogens is 322 g/mol. The Morgan fingerprint density at radius 1 is 1.61 bits per heavy atom. The van der Waals surface area contributed by atoms with E-state index < -0.39 is 5.82 Å². The third kappa shape index (κ3) is 2.68. The lowest BCUT2D eigenvalue weighted by Crippen LogP contribution is -2.33. The molecule has 3 nitrogen and oxygen atoms in total. The predicted molar refractivity (Wildman–Crippen MR) is 72.5 cm³/mol. The number of carbonyl (C=O) groups excluding carboxylic acids is 1. The number of likely N-dealkylation sites (N-methyl/N-ethyl adjacent to an activating group) is 1. The first kappa shape index (κ1) is 13.8. The Balaban J connectivity index is 2.22. The van der Waals surface area contributed by atoms with Crippen molar-refractivity contribution < 1.29 is 9.18 Å². The van der Waals surface area contributed by atoms with Gasteiger partial charge in [-0.3, -0.25) is 4.79 Å². The Bertz CT molecular complexity index is 483. The summed E-state index contributed by atoms with van der Waals surface area (Å²) in [5.41, 5.74) is 0.0584.